The summed E-state index contributed by atoms with van der Waals surface area (Å²) in [6.07, 6.45) is 2.80. The maximum absolute atomic E-state index is 7.43. The van der Waals surface area contributed by atoms with Crippen LogP contribution in [0.2, 0.25) is 0 Å². The summed E-state index contributed by atoms with van der Waals surface area (Å²) in [7, 11) is 0. The number of ether oxygens (including phenoxy) is 2. The second-order valence-electron chi connectivity index (χ2n) is 5.88. The minimum atomic E-state index is 0. The molecule has 0 aliphatic rings. The van der Waals surface area contributed by atoms with Gasteiger partial charge < -0.3 is 20.9 Å². The number of nitrogens with two attached hydrogens (primary N) is 2. The first-order valence-electron chi connectivity index (χ1n) is 8.42. The van der Waals surface area contributed by atoms with Crippen molar-refractivity contribution in [1.29, 1.82) is 10.8 Å². The summed E-state index contributed by atoms with van der Waals surface area (Å²) in [4.78, 5) is 0. The number of benzene rings is 2. The first-order valence-corrected chi connectivity index (χ1v) is 10.0. The summed E-state index contributed by atoms with van der Waals surface area (Å²) in [5.74, 6) is 1.55. The van der Waals surface area contributed by atoms with Gasteiger partial charge in [-0.3, -0.25) is 10.8 Å². The molecule has 0 aliphatic carbocycles. The number of halogens is 3. The van der Waals surface area contributed by atoms with Crippen LogP contribution in [0.5, 0.6) is 11.5 Å². The van der Waals surface area contributed by atoms with Crippen molar-refractivity contribution in [2.45, 2.75) is 19.3 Å². The summed E-state index contributed by atoms with van der Waals surface area (Å²) in [6.45, 7) is 1.21. The molecule has 0 fully saturated rings. The van der Waals surface area contributed by atoms with Gasteiger partial charge in [0.15, 0.2) is 0 Å². The van der Waals surface area contributed by atoms with Crippen LogP contribution in [0.1, 0.15) is 30.4 Å². The van der Waals surface area contributed by atoms with Crippen molar-refractivity contribution in [3.63, 3.8) is 0 Å². The quantitative estimate of drug-likeness (QED) is 0.198. The van der Waals surface area contributed by atoms with E-state index in [0.717, 1.165) is 39.7 Å². The Morgan fingerprint density at radius 3 is 1.46 bits per heavy atom. The lowest BCUT2D eigenvalue weighted by atomic mass is 10.2. The first-order chi connectivity index (χ1) is 12.9. The van der Waals surface area contributed by atoms with E-state index in [1.807, 2.05) is 12.1 Å². The summed E-state index contributed by atoms with van der Waals surface area (Å²) in [6, 6.07) is 10.7. The van der Waals surface area contributed by atoms with E-state index in [9.17, 15) is 0 Å². The molecule has 0 spiro atoms. The largest absolute Gasteiger partial charge is 0.492 e. The Balaban J connectivity index is 0.00000392. The molecule has 0 amide bonds. The molecular weight excluding hydrogens is 511 g/mol. The second kappa shape index (κ2) is 11.9. The molecule has 0 heterocycles. The number of hydrogen-bond donors (Lipinski definition) is 4. The summed E-state index contributed by atoms with van der Waals surface area (Å²) < 4.78 is 13.1. The van der Waals surface area contributed by atoms with E-state index in [2.05, 4.69) is 31.9 Å². The predicted molar refractivity (Wildman–Crippen MR) is 122 cm³/mol. The van der Waals surface area contributed by atoms with Crippen molar-refractivity contribution in [3.8, 4) is 11.5 Å². The third-order valence-corrected chi connectivity index (χ3v) is 5.03. The van der Waals surface area contributed by atoms with Crippen LogP contribution in [0.3, 0.4) is 0 Å². The Morgan fingerprint density at radius 1 is 0.750 bits per heavy atom. The van der Waals surface area contributed by atoms with Crippen molar-refractivity contribution in [2.24, 2.45) is 11.5 Å². The number of nitrogens with one attached hydrogen (secondary N) is 2. The summed E-state index contributed by atoms with van der Waals surface area (Å²) in [5, 5.41) is 14.9. The van der Waals surface area contributed by atoms with Gasteiger partial charge in [0, 0.05) is 11.1 Å². The third kappa shape index (κ3) is 7.33. The Bertz CT molecular complexity index is 766. The van der Waals surface area contributed by atoms with Crippen LogP contribution in [0.15, 0.2) is 45.3 Å². The van der Waals surface area contributed by atoms with Gasteiger partial charge in [0.25, 0.3) is 0 Å². The number of hydrogen-bond acceptors (Lipinski definition) is 4. The van der Waals surface area contributed by atoms with E-state index >= 15 is 0 Å². The summed E-state index contributed by atoms with van der Waals surface area (Å²) >= 11 is 6.87. The molecule has 9 heteroatoms. The third-order valence-electron chi connectivity index (χ3n) is 3.79. The maximum Gasteiger partial charge on any atom is 0.133 e. The van der Waals surface area contributed by atoms with Crippen LogP contribution in [0.4, 0.5) is 0 Å². The highest BCUT2D eigenvalue weighted by Gasteiger charge is 2.06. The number of unbranched alkanes of at least 4 members (excludes halogenated alkanes) is 2. The highest BCUT2D eigenvalue weighted by molar-refractivity contribution is 9.10. The van der Waals surface area contributed by atoms with Crippen LogP contribution in [-0.2, 0) is 0 Å². The number of rotatable bonds is 10. The number of nitrogen functional groups attached to an aromatic ring is 2. The molecule has 0 aromatic heterocycles. The van der Waals surface area contributed by atoms with Crippen molar-refractivity contribution in [1.82, 2.24) is 0 Å². The molecule has 0 saturated heterocycles. The van der Waals surface area contributed by atoms with Crippen LogP contribution >= 0.6 is 44.3 Å². The molecule has 0 saturated carbocycles. The van der Waals surface area contributed by atoms with Crippen molar-refractivity contribution in [3.05, 3.63) is 56.5 Å². The molecule has 0 atom stereocenters. The van der Waals surface area contributed by atoms with E-state index in [-0.39, 0.29) is 24.1 Å². The molecule has 2 aromatic carbocycles. The predicted octanol–water partition coefficient (Wildman–Crippen LogP) is 4.83. The normalized spacial score (nSPS) is 10.1. The fraction of sp³-hybridized carbons (Fsp3) is 0.263. The van der Waals surface area contributed by atoms with Gasteiger partial charge in [-0.2, -0.15) is 0 Å². The smallest absolute Gasteiger partial charge is 0.133 e. The van der Waals surface area contributed by atoms with Crippen molar-refractivity contribution < 1.29 is 9.47 Å². The molecule has 0 unspecified atom stereocenters. The molecule has 6 N–H and O–H groups in total. The SMILES string of the molecule is Cl.N=C(N)c1ccc(OCCCCCOc2ccc(C(=N)N)cc2Br)c(Br)c1. The van der Waals surface area contributed by atoms with Gasteiger partial charge in [0.1, 0.15) is 23.2 Å². The van der Waals surface area contributed by atoms with Gasteiger partial charge in [-0.15, -0.1) is 12.4 Å². The average molecular weight is 535 g/mol. The topological polar surface area (TPSA) is 118 Å². The fourth-order valence-electron chi connectivity index (χ4n) is 2.32. The Labute approximate surface area is 187 Å². The molecular formula is C19H23Br2ClN4O2. The second-order valence-corrected chi connectivity index (χ2v) is 7.58. The lowest BCUT2D eigenvalue weighted by molar-refractivity contribution is 0.278. The van der Waals surface area contributed by atoms with Gasteiger partial charge in [-0.1, -0.05) is 0 Å². The maximum atomic E-state index is 7.43. The van der Waals surface area contributed by atoms with E-state index in [0.29, 0.717) is 24.3 Å². The lowest BCUT2D eigenvalue weighted by Crippen LogP contribution is -2.11. The molecule has 2 rings (SSSR count). The molecule has 0 radical (unpaired) electrons. The Morgan fingerprint density at radius 2 is 1.14 bits per heavy atom. The van der Waals surface area contributed by atoms with Crippen LogP contribution < -0.4 is 20.9 Å². The highest BCUT2D eigenvalue weighted by atomic mass is 79.9. The average Bonchev–Trinajstić information content (AvgIpc) is 2.62. The van der Waals surface area contributed by atoms with Gasteiger partial charge in [0.05, 0.1) is 22.2 Å². The van der Waals surface area contributed by atoms with Crippen LogP contribution in [0.25, 0.3) is 0 Å². The molecule has 28 heavy (non-hydrogen) atoms. The summed E-state index contributed by atoms with van der Waals surface area (Å²) in [5.41, 5.74) is 12.3. The van der Waals surface area contributed by atoms with Crippen molar-refractivity contribution in [2.75, 3.05) is 13.2 Å². The van der Waals surface area contributed by atoms with Gasteiger partial charge >= 0.3 is 0 Å². The van der Waals surface area contributed by atoms with E-state index in [1.165, 1.54) is 0 Å². The monoisotopic (exact) mass is 532 g/mol. The van der Waals surface area contributed by atoms with Crippen molar-refractivity contribution >= 4 is 55.9 Å². The van der Waals surface area contributed by atoms with Crippen LogP contribution in [-0.4, -0.2) is 24.9 Å². The molecule has 2 aromatic rings. The highest BCUT2D eigenvalue weighted by Crippen LogP contribution is 2.27. The Kier molecular flexibility index (Phi) is 10.3. The van der Waals surface area contributed by atoms with Gasteiger partial charge in [-0.25, -0.2) is 0 Å². The Hall–Kier alpha value is -1.77. The minimum absolute atomic E-state index is 0. The lowest BCUT2D eigenvalue weighted by Gasteiger charge is -2.11. The minimum Gasteiger partial charge on any atom is -0.492 e. The van der Waals surface area contributed by atoms with E-state index < -0.39 is 0 Å². The van der Waals surface area contributed by atoms with Gasteiger partial charge in [0.2, 0.25) is 0 Å². The molecule has 0 aliphatic heterocycles. The zero-order valence-corrected chi connectivity index (χ0v) is 19.1. The van der Waals surface area contributed by atoms with E-state index in [1.54, 1.807) is 24.3 Å². The first kappa shape index (κ1) is 24.3. The molecule has 0 bridgehead atoms. The number of amidine groups is 2. The molecule has 152 valence electrons. The van der Waals surface area contributed by atoms with Gasteiger partial charge in [-0.05, 0) is 87.5 Å². The molecule has 6 nitrogen and oxygen atoms in total. The zero-order valence-electron chi connectivity index (χ0n) is 15.1. The standard InChI is InChI=1S/C19H22Br2N4O2.ClH/c20-14-10-12(18(22)23)4-6-16(14)26-8-2-1-3-9-27-17-7-5-13(19(24)25)11-15(17)21;/h4-7,10-11H,1-3,8-9H2,(H3,22,23)(H3,24,25);1H. The fourth-order valence-corrected chi connectivity index (χ4v) is 3.30. The zero-order chi connectivity index (χ0) is 19.8. The van der Waals surface area contributed by atoms with Crippen LogP contribution in [0, 0.1) is 10.8 Å². The van der Waals surface area contributed by atoms with E-state index in [4.69, 9.17) is 31.8 Å².